The molecule has 3 aromatic rings. The van der Waals surface area contributed by atoms with Crippen molar-refractivity contribution < 1.29 is 23.7 Å². The van der Waals surface area contributed by atoms with Gasteiger partial charge in [0, 0.05) is 50.7 Å². The van der Waals surface area contributed by atoms with Crippen LogP contribution in [0.3, 0.4) is 0 Å². The number of allylic oxidation sites excluding steroid dienone is 5. The number of aromatic amines is 1. The molecule has 0 spiro atoms. The molecule has 2 fully saturated rings. The molecule has 4 heterocycles. The van der Waals surface area contributed by atoms with Gasteiger partial charge in [0.1, 0.15) is 17.7 Å². The Bertz CT molecular complexity index is 1920. The first-order valence-electron chi connectivity index (χ1n) is 17.1. The summed E-state index contributed by atoms with van der Waals surface area (Å²) in [5, 5.41) is 9.38. The number of hydrogen-bond donors (Lipinski definition) is 3. The first-order chi connectivity index (χ1) is 24.8. The fourth-order valence-electron chi connectivity index (χ4n) is 6.75. The molecular formula is C37H46FN7O4S2. The minimum atomic E-state index is -0.428. The third-order valence-electron chi connectivity index (χ3n) is 9.21. The van der Waals surface area contributed by atoms with Crippen LogP contribution in [-0.2, 0) is 9.78 Å². The number of aromatic nitrogens is 3. The minimum absolute atomic E-state index is 0.155. The summed E-state index contributed by atoms with van der Waals surface area (Å²) < 4.78 is 27.7. The van der Waals surface area contributed by atoms with Gasteiger partial charge in [-0.2, -0.15) is 5.10 Å². The lowest BCUT2D eigenvalue weighted by molar-refractivity contribution is -0.308. The lowest BCUT2D eigenvalue weighted by atomic mass is 10.1. The highest BCUT2D eigenvalue weighted by atomic mass is 32.2. The number of carbonyl (C=O) groups excluding carboxylic acids is 1. The fourth-order valence-corrected chi connectivity index (χ4v) is 7.77. The Labute approximate surface area is 306 Å². The molecule has 2 bridgehead atoms. The highest BCUT2D eigenvalue weighted by Crippen LogP contribution is 2.34. The van der Waals surface area contributed by atoms with Gasteiger partial charge >= 0.3 is 0 Å². The van der Waals surface area contributed by atoms with E-state index >= 15 is 0 Å². The molecule has 3 N–H and O–H groups in total. The van der Waals surface area contributed by atoms with Crippen molar-refractivity contribution in [3.05, 3.63) is 93.7 Å². The Morgan fingerprint density at radius 2 is 2.04 bits per heavy atom. The maximum Gasteiger partial charge on any atom is 0.214 e. The number of nitrogens with zero attached hydrogens (tertiary/aromatic N) is 4. The summed E-state index contributed by atoms with van der Waals surface area (Å²) >= 11 is 3.36. The molecule has 3 atom stereocenters. The number of aryl methyl sites for hydroxylation is 1. The van der Waals surface area contributed by atoms with Crippen LogP contribution < -0.4 is 25.3 Å². The summed E-state index contributed by atoms with van der Waals surface area (Å²) in [7, 11) is 1.76. The van der Waals surface area contributed by atoms with Crippen LogP contribution >= 0.6 is 23.9 Å². The number of halogens is 1. The number of H-pyrrole nitrogens is 1. The quantitative estimate of drug-likeness (QED) is 0.0629. The van der Waals surface area contributed by atoms with E-state index in [-0.39, 0.29) is 17.6 Å². The van der Waals surface area contributed by atoms with E-state index in [1.807, 2.05) is 68.5 Å². The second-order valence-electron chi connectivity index (χ2n) is 12.6. The summed E-state index contributed by atoms with van der Waals surface area (Å²) in [5.74, 6) is 0.547. The fraction of sp³-hybridized carbons (Fsp3) is 0.405. The standard InChI is InChI=1S/C37H46FN7O4S2/c1-24-17-29(48-35-10-8-6-7-9-31(35)38)11-12-34(24)45-37(39-3)30(21-40-45)36(46)33-19-26(32(42-33)13-14-41-50-4)18-25(2)49-47-16-15-43-22-28-20-27(43)23-44(28)51-5/h7-13,17-19,21,25,27-28,39,41-42H,6,14-16,20,22-23H2,1-5H3/b26-18-,32-13+. The third-order valence-corrected chi connectivity index (χ3v) is 10.6. The van der Waals surface area contributed by atoms with E-state index in [4.69, 9.17) is 14.5 Å². The number of carbonyl (C=O) groups is 1. The lowest BCUT2D eigenvalue weighted by Crippen LogP contribution is -2.44. The Kier molecular flexibility index (Phi) is 12.6. The number of ketones is 1. The van der Waals surface area contributed by atoms with Crippen LogP contribution in [0, 0.1) is 6.92 Å². The van der Waals surface area contributed by atoms with Crippen molar-refractivity contribution in [1.82, 2.24) is 28.7 Å². The molecule has 0 radical (unpaired) electrons. The molecule has 272 valence electrons. The molecule has 2 aliphatic heterocycles. The van der Waals surface area contributed by atoms with Crippen molar-refractivity contribution in [3.63, 3.8) is 0 Å². The molecule has 14 heteroatoms. The zero-order valence-corrected chi connectivity index (χ0v) is 31.3. The highest BCUT2D eigenvalue weighted by molar-refractivity contribution is 7.96. The number of ether oxygens (including phenoxy) is 1. The SMILES string of the molecule is CNc1c(C(=O)c2cc(=C/C(C)OOCCN3CC4CC3CN4SC)/c(=C\CNSC)[nH]2)cnn1-c1ccc(OC2=C(F)C=CCC=C2)cc1C. The predicted molar refractivity (Wildman–Crippen MR) is 204 cm³/mol. The average molecular weight is 736 g/mol. The third kappa shape index (κ3) is 8.71. The number of piperazine rings is 1. The van der Waals surface area contributed by atoms with Crippen molar-refractivity contribution >= 4 is 47.6 Å². The summed E-state index contributed by atoms with van der Waals surface area (Å²) in [6, 6.07) is 8.48. The van der Waals surface area contributed by atoms with E-state index in [0.717, 1.165) is 41.5 Å². The second kappa shape index (κ2) is 17.3. The maximum atomic E-state index is 14.4. The minimum Gasteiger partial charge on any atom is -0.454 e. The molecule has 1 aliphatic carbocycles. The van der Waals surface area contributed by atoms with Crippen LogP contribution in [0.2, 0.25) is 0 Å². The molecule has 1 aromatic carbocycles. The van der Waals surface area contributed by atoms with Gasteiger partial charge in [0.15, 0.2) is 11.6 Å². The Morgan fingerprint density at radius 1 is 1.20 bits per heavy atom. The van der Waals surface area contributed by atoms with Crippen molar-refractivity contribution in [3.8, 4) is 11.4 Å². The Hall–Kier alpha value is -3.63. The number of nitrogens with one attached hydrogen (secondary N) is 3. The Morgan fingerprint density at radius 3 is 2.78 bits per heavy atom. The van der Waals surface area contributed by atoms with E-state index in [0.29, 0.717) is 54.5 Å². The maximum absolute atomic E-state index is 14.4. The smallest absolute Gasteiger partial charge is 0.214 e. The predicted octanol–water partition coefficient (Wildman–Crippen LogP) is 4.66. The van der Waals surface area contributed by atoms with Gasteiger partial charge in [-0.1, -0.05) is 36.0 Å². The van der Waals surface area contributed by atoms with Gasteiger partial charge in [0.25, 0.3) is 0 Å². The van der Waals surface area contributed by atoms with E-state index < -0.39 is 5.83 Å². The Balaban J connectivity index is 1.16. The van der Waals surface area contributed by atoms with Crippen molar-refractivity contribution in [2.45, 2.75) is 44.9 Å². The molecule has 11 nitrogen and oxygen atoms in total. The first-order valence-corrected chi connectivity index (χ1v) is 19.5. The number of fused-ring (bicyclic) bond motifs is 2. The molecule has 51 heavy (non-hydrogen) atoms. The van der Waals surface area contributed by atoms with E-state index in [9.17, 15) is 9.18 Å². The topological polar surface area (TPSA) is 109 Å². The van der Waals surface area contributed by atoms with E-state index in [1.54, 1.807) is 36.1 Å². The second-order valence-corrected chi connectivity index (χ2v) is 14.2. The number of hydrogen-bond acceptors (Lipinski definition) is 11. The number of anilines is 1. The normalized spacial score (nSPS) is 20.5. The summed E-state index contributed by atoms with van der Waals surface area (Å²) in [4.78, 5) is 31.2. The molecule has 2 aromatic heterocycles. The first kappa shape index (κ1) is 37.1. The molecule has 0 amide bonds. The van der Waals surface area contributed by atoms with Crippen LogP contribution in [0.5, 0.6) is 5.75 Å². The lowest BCUT2D eigenvalue weighted by Gasteiger charge is -2.32. The van der Waals surface area contributed by atoms with E-state index in [1.165, 1.54) is 24.4 Å². The molecule has 6 rings (SSSR count). The summed E-state index contributed by atoms with van der Waals surface area (Å²) in [6.07, 6.45) is 17.8. The summed E-state index contributed by atoms with van der Waals surface area (Å²) in [5.41, 5.74) is 2.41. The largest absolute Gasteiger partial charge is 0.454 e. The van der Waals surface area contributed by atoms with Gasteiger partial charge in [-0.15, -0.1) is 0 Å². The van der Waals surface area contributed by atoms with Gasteiger partial charge < -0.3 is 15.0 Å². The number of likely N-dealkylation sites (tertiary alicyclic amines) is 1. The van der Waals surface area contributed by atoms with Crippen LogP contribution in [0.1, 0.15) is 41.4 Å². The van der Waals surface area contributed by atoms with Crippen molar-refractivity contribution in [2.24, 2.45) is 0 Å². The van der Waals surface area contributed by atoms with Crippen LogP contribution in [-0.4, -0.2) is 100 Å². The molecule has 3 unspecified atom stereocenters. The van der Waals surface area contributed by atoms with Crippen molar-refractivity contribution in [1.29, 1.82) is 0 Å². The molecule has 0 saturated carbocycles. The molecule has 3 aliphatic rings. The van der Waals surface area contributed by atoms with Crippen LogP contribution in [0.25, 0.3) is 17.8 Å². The van der Waals surface area contributed by atoms with E-state index in [2.05, 4.69) is 35.6 Å². The van der Waals surface area contributed by atoms with Gasteiger partial charge in [0.2, 0.25) is 5.78 Å². The van der Waals surface area contributed by atoms with Gasteiger partial charge in [-0.05, 0) is 98.6 Å². The zero-order chi connectivity index (χ0) is 35.9. The van der Waals surface area contributed by atoms with Gasteiger partial charge in [-0.25, -0.2) is 23.2 Å². The zero-order valence-electron chi connectivity index (χ0n) is 29.6. The van der Waals surface area contributed by atoms with Crippen molar-refractivity contribution in [2.75, 3.05) is 57.7 Å². The van der Waals surface area contributed by atoms with Gasteiger partial charge in [0.05, 0.1) is 29.7 Å². The molecular weight excluding hydrogens is 690 g/mol. The van der Waals surface area contributed by atoms with Crippen LogP contribution in [0.15, 0.2) is 66.4 Å². The summed E-state index contributed by atoms with van der Waals surface area (Å²) in [6.45, 7) is 7.95. The van der Waals surface area contributed by atoms with Crippen LogP contribution in [0.4, 0.5) is 10.2 Å². The highest BCUT2D eigenvalue weighted by Gasteiger charge is 2.42. The molecule has 2 saturated heterocycles. The average Bonchev–Trinajstić information content (AvgIpc) is 3.90. The van der Waals surface area contributed by atoms with Gasteiger partial charge in [-0.3, -0.25) is 14.4 Å². The number of benzene rings is 1. The number of rotatable bonds is 16. The monoisotopic (exact) mass is 735 g/mol.